The molecule has 0 radical (unpaired) electrons. The minimum Gasteiger partial charge on any atom is -0.415 e. The van der Waals surface area contributed by atoms with Crippen LogP contribution in [0.1, 0.15) is 112 Å². The second kappa shape index (κ2) is 9.33. The zero-order valence-corrected chi connectivity index (χ0v) is 24.0. The number of hydrogen-bond acceptors (Lipinski definition) is 1. The molecule has 4 aliphatic rings. The molecule has 0 aromatic heterocycles. The highest BCUT2D eigenvalue weighted by Crippen LogP contribution is 2.68. The summed E-state index contributed by atoms with van der Waals surface area (Å²) in [5, 5.41) is 0. The van der Waals surface area contributed by atoms with Crippen LogP contribution in [0.2, 0.25) is 19.6 Å². The van der Waals surface area contributed by atoms with Crippen molar-refractivity contribution in [3.8, 4) is 0 Å². The van der Waals surface area contributed by atoms with E-state index in [1.807, 2.05) is 0 Å². The van der Waals surface area contributed by atoms with E-state index < -0.39 is 8.32 Å². The molecule has 0 amide bonds. The third-order valence-corrected chi connectivity index (χ3v) is 12.4. The van der Waals surface area contributed by atoms with Gasteiger partial charge >= 0.3 is 0 Å². The molecule has 2 heteroatoms. The Balaban J connectivity index is 1.42. The van der Waals surface area contributed by atoms with Gasteiger partial charge in [0.15, 0.2) is 8.32 Å². The van der Waals surface area contributed by atoms with Gasteiger partial charge in [0.1, 0.15) is 0 Å². The van der Waals surface area contributed by atoms with Crippen LogP contribution in [0.5, 0.6) is 0 Å². The van der Waals surface area contributed by atoms with Crippen molar-refractivity contribution >= 4 is 8.32 Å². The Morgan fingerprint density at radius 3 is 2.19 bits per heavy atom. The molecule has 186 valence electrons. The smallest absolute Gasteiger partial charge is 0.184 e. The first-order valence-electron chi connectivity index (χ1n) is 14.6. The van der Waals surface area contributed by atoms with Gasteiger partial charge < -0.3 is 4.43 Å². The molecule has 0 saturated heterocycles. The van der Waals surface area contributed by atoms with Gasteiger partial charge in [-0.15, -0.1) is 0 Å². The standard InChI is InChI=1S/C30H56OSi/c1-21(2)10-9-11-22(3)26-14-15-27-25-13-12-23-20-24(31-32(6,7)8)16-18-29(23,4)28(25)17-19-30(26,27)5/h21-28H,9-20H2,1-8H3/t22-,23+,24+,25+,26-,27+,28+,29+,30-/m1/s1. The molecule has 1 nitrogen and oxygen atoms in total. The van der Waals surface area contributed by atoms with Crippen LogP contribution in [0.3, 0.4) is 0 Å². The molecule has 4 aliphatic carbocycles. The normalized spacial score (nSPS) is 45.3. The van der Waals surface area contributed by atoms with Crippen LogP contribution in [0.15, 0.2) is 0 Å². The van der Waals surface area contributed by atoms with Crippen molar-refractivity contribution in [2.45, 2.75) is 137 Å². The Morgan fingerprint density at radius 1 is 0.812 bits per heavy atom. The molecule has 4 saturated carbocycles. The van der Waals surface area contributed by atoms with Gasteiger partial charge in [0.05, 0.1) is 0 Å². The zero-order chi connectivity index (χ0) is 23.3. The largest absolute Gasteiger partial charge is 0.415 e. The van der Waals surface area contributed by atoms with E-state index in [4.69, 9.17) is 4.43 Å². The van der Waals surface area contributed by atoms with Gasteiger partial charge in [-0.3, -0.25) is 0 Å². The SMILES string of the molecule is CC(C)CCC[C@@H](C)[C@H]1CC[C@H]2[C@@H]3CC[C@H]4C[C@@H](O[Si](C)(C)C)CC[C@]4(C)[C@H]3CC[C@]12C. The Kier molecular flexibility index (Phi) is 7.37. The molecular formula is C30H56OSi. The first-order chi connectivity index (χ1) is 14.9. The second-order valence-electron chi connectivity index (χ2n) is 14.8. The number of hydrogen-bond donors (Lipinski definition) is 0. The van der Waals surface area contributed by atoms with E-state index in [9.17, 15) is 0 Å². The van der Waals surface area contributed by atoms with E-state index in [-0.39, 0.29) is 0 Å². The molecule has 0 aliphatic heterocycles. The molecule has 0 aromatic rings. The summed E-state index contributed by atoms with van der Waals surface area (Å²) in [6, 6.07) is 0. The van der Waals surface area contributed by atoms with E-state index in [1.165, 1.54) is 70.6 Å². The first-order valence-corrected chi connectivity index (χ1v) is 18.0. The molecule has 9 atom stereocenters. The third kappa shape index (κ3) is 4.80. The molecule has 0 N–H and O–H groups in total. The van der Waals surface area contributed by atoms with Crippen LogP contribution in [-0.2, 0) is 4.43 Å². The molecular weight excluding hydrogens is 404 g/mol. The summed E-state index contributed by atoms with van der Waals surface area (Å²) >= 11 is 0. The second-order valence-corrected chi connectivity index (χ2v) is 19.3. The van der Waals surface area contributed by atoms with Crippen molar-refractivity contribution in [1.29, 1.82) is 0 Å². The lowest BCUT2D eigenvalue weighted by atomic mass is 9.44. The predicted molar refractivity (Wildman–Crippen MR) is 141 cm³/mol. The minimum absolute atomic E-state index is 0.563. The Morgan fingerprint density at radius 2 is 1.50 bits per heavy atom. The fourth-order valence-corrected chi connectivity index (χ4v) is 11.1. The molecule has 4 rings (SSSR count). The minimum atomic E-state index is -1.42. The van der Waals surface area contributed by atoms with Crippen LogP contribution in [0, 0.1) is 52.3 Å². The predicted octanol–water partition coefficient (Wildman–Crippen LogP) is 9.33. The highest BCUT2D eigenvalue weighted by Gasteiger charge is 2.60. The van der Waals surface area contributed by atoms with E-state index in [2.05, 4.69) is 54.3 Å². The highest BCUT2D eigenvalue weighted by atomic mass is 28.4. The Bertz CT molecular complexity index is 637. The average Bonchev–Trinajstić information content (AvgIpc) is 3.04. The molecule has 0 spiro atoms. The molecule has 0 aromatic carbocycles. The summed E-state index contributed by atoms with van der Waals surface area (Å²) in [7, 11) is -1.42. The highest BCUT2D eigenvalue weighted by molar-refractivity contribution is 6.69. The van der Waals surface area contributed by atoms with Gasteiger partial charge in [-0.1, -0.05) is 53.9 Å². The molecule has 32 heavy (non-hydrogen) atoms. The van der Waals surface area contributed by atoms with Gasteiger partial charge in [0.2, 0.25) is 0 Å². The van der Waals surface area contributed by atoms with Crippen molar-refractivity contribution < 1.29 is 4.43 Å². The van der Waals surface area contributed by atoms with Crippen LogP contribution in [0.25, 0.3) is 0 Å². The third-order valence-electron chi connectivity index (χ3n) is 11.3. The summed E-state index contributed by atoms with van der Waals surface area (Å²) in [6.07, 6.45) is 18.2. The lowest BCUT2D eigenvalue weighted by Gasteiger charge is -2.61. The van der Waals surface area contributed by atoms with E-state index in [0.29, 0.717) is 16.9 Å². The van der Waals surface area contributed by atoms with Gasteiger partial charge in [-0.05, 0) is 130 Å². The van der Waals surface area contributed by atoms with E-state index in [1.54, 1.807) is 6.42 Å². The zero-order valence-electron chi connectivity index (χ0n) is 23.0. The van der Waals surface area contributed by atoms with Crippen molar-refractivity contribution in [2.24, 2.45) is 52.3 Å². The Labute approximate surface area is 202 Å². The fourth-order valence-electron chi connectivity index (χ4n) is 9.85. The molecule has 0 bridgehead atoms. The number of fused-ring (bicyclic) bond motifs is 5. The topological polar surface area (TPSA) is 9.23 Å². The van der Waals surface area contributed by atoms with Crippen molar-refractivity contribution in [3.63, 3.8) is 0 Å². The van der Waals surface area contributed by atoms with Gasteiger partial charge in [-0.2, -0.15) is 0 Å². The maximum absolute atomic E-state index is 6.62. The van der Waals surface area contributed by atoms with Crippen LogP contribution >= 0.6 is 0 Å². The van der Waals surface area contributed by atoms with Crippen LogP contribution < -0.4 is 0 Å². The quantitative estimate of drug-likeness (QED) is 0.344. The van der Waals surface area contributed by atoms with Crippen molar-refractivity contribution in [1.82, 2.24) is 0 Å². The summed E-state index contributed by atoms with van der Waals surface area (Å²) in [5.74, 6) is 6.77. The van der Waals surface area contributed by atoms with Crippen LogP contribution in [-0.4, -0.2) is 14.4 Å². The average molecular weight is 461 g/mol. The maximum Gasteiger partial charge on any atom is 0.184 e. The summed E-state index contributed by atoms with van der Waals surface area (Å²) < 4.78 is 6.62. The van der Waals surface area contributed by atoms with Gasteiger partial charge in [0.25, 0.3) is 0 Å². The van der Waals surface area contributed by atoms with E-state index in [0.717, 1.165) is 41.4 Å². The maximum atomic E-state index is 6.62. The van der Waals surface area contributed by atoms with Crippen LogP contribution in [0.4, 0.5) is 0 Å². The Hall–Kier alpha value is 0.177. The van der Waals surface area contributed by atoms with Gasteiger partial charge in [0, 0.05) is 6.10 Å². The molecule has 0 unspecified atom stereocenters. The summed E-state index contributed by atoms with van der Waals surface area (Å²) in [6.45, 7) is 20.0. The van der Waals surface area contributed by atoms with Gasteiger partial charge in [-0.25, -0.2) is 0 Å². The fraction of sp³-hybridized carbons (Fsp3) is 1.00. The summed E-state index contributed by atoms with van der Waals surface area (Å²) in [4.78, 5) is 0. The summed E-state index contributed by atoms with van der Waals surface area (Å²) in [5.41, 5.74) is 1.24. The van der Waals surface area contributed by atoms with Crippen molar-refractivity contribution in [2.75, 3.05) is 0 Å². The van der Waals surface area contributed by atoms with E-state index >= 15 is 0 Å². The number of rotatable bonds is 7. The molecule has 4 fully saturated rings. The van der Waals surface area contributed by atoms with Crippen molar-refractivity contribution in [3.05, 3.63) is 0 Å². The first kappa shape index (κ1) is 25.3. The monoisotopic (exact) mass is 460 g/mol. The lowest BCUT2D eigenvalue weighted by molar-refractivity contribution is -0.127. The lowest BCUT2D eigenvalue weighted by Crippen LogP contribution is -2.54. The molecule has 0 heterocycles.